The normalized spacial score (nSPS) is 17.6. The Hall–Kier alpha value is -2.37. The SMILES string of the molecule is C=C(C)C(C)NC(=O)C(=C/C(=C)N1CCC(C(N)=O)CC1)/N=C\C. The summed E-state index contributed by atoms with van der Waals surface area (Å²) in [6.45, 7) is 14.7. The van der Waals surface area contributed by atoms with Gasteiger partial charge in [0.2, 0.25) is 5.91 Å². The van der Waals surface area contributed by atoms with E-state index in [0.717, 1.165) is 5.57 Å². The van der Waals surface area contributed by atoms with Gasteiger partial charge in [-0.15, -0.1) is 0 Å². The molecule has 0 aromatic rings. The maximum Gasteiger partial charge on any atom is 0.270 e. The molecule has 1 fully saturated rings. The number of nitrogens with zero attached hydrogens (tertiary/aromatic N) is 2. The second kappa shape index (κ2) is 9.05. The molecule has 0 saturated carbocycles. The second-order valence-electron chi connectivity index (χ2n) is 6.11. The van der Waals surface area contributed by atoms with Gasteiger partial charge in [0.05, 0.1) is 0 Å². The van der Waals surface area contributed by atoms with Crippen molar-refractivity contribution in [2.75, 3.05) is 13.1 Å². The van der Waals surface area contributed by atoms with Gasteiger partial charge in [0.1, 0.15) is 5.70 Å². The summed E-state index contributed by atoms with van der Waals surface area (Å²) in [5.74, 6) is -0.595. The maximum atomic E-state index is 12.4. The van der Waals surface area contributed by atoms with Crippen molar-refractivity contribution < 1.29 is 9.59 Å². The van der Waals surface area contributed by atoms with Crippen molar-refractivity contribution in [3.05, 3.63) is 36.2 Å². The van der Waals surface area contributed by atoms with Gasteiger partial charge < -0.3 is 16.0 Å². The monoisotopic (exact) mass is 332 g/mol. The lowest BCUT2D eigenvalue weighted by atomic mass is 9.96. The summed E-state index contributed by atoms with van der Waals surface area (Å²) in [4.78, 5) is 29.8. The first-order valence-electron chi connectivity index (χ1n) is 8.16. The molecule has 1 aliphatic heterocycles. The van der Waals surface area contributed by atoms with Gasteiger partial charge in [-0.25, -0.2) is 0 Å². The Morgan fingerprint density at radius 3 is 2.38 bits per heavy atom. The fraction of sp³-hybridized carbons (Fsp3) is 0.500. The number of primary amides is 1. The molecule has 3 N–H and O–H groups in total. The van der Waals surface area contributed by atoms with Crippen LogP contribution in [0.1, 0.15) is 33.6 Å². The maximum absolute atomic E-state index is 12.4. The van der Waals surface area contributed by atoms with Gasteiger partial charge in [-0.05, 0) is 39.7 Å². The minimum atomic E-state index is -0.267. The molecule has 0 aromatic carbocycles. The van der Waals surface area contributed by atoms with E-state index in [1.165, 1.54) is 0 Å². The standard InChI is InChI=1S/C18H28N4O2/c1-6-20-16(18(24)21-14(5)12(2)3)11-13(4)22-9-7-15(8-10-22)17(19)23/h6,11,14-15H,2,4,7-10H2,1,3,5H3,(H2,19,23)(H,21,24)/b16-11-,20-6-. The van der Waals surface area contributed by atoms with Gasteiger partial charge >= 0.3 is 0 Å². The Bertz CT molecular complexity index is 570. The first-order chi connectivity index (χ1) is 11.3. The molecule has 1 rings (SSSR count). The fourth-order valence-electron chi connectivity index (χ4n) is 2.39. The lowest BCUT2D eigenvalue weighted by molar-refractivity contribution is -0.123. The van der Waals surface area contributed by atoms with Gasteiger partial charge in [-0.3, -0.25) is 14.6 Å². The zero-order valence-electron chi connectivity index (χ0n) is 14.8. The molecule has 6 heteroatoms. The Morgan fingerprint density at radius 1 is 1.33 bits per heavy atom. The molecule has 24 heavy (non-hydrogen) atoms. The predicted octanol–water partition coefficient (Wildman–Crippen LogP) is 1.75. The van der Waals surface area contributed by atoms with Crippen molar-refractivity contribution in [3.8, 4) is 0 Å². The van der Waals surface area contributed by atoms with Crippen molar-refractivity contribution in [2.24, 2.45) is 16.6 Å². The van der Waals surface area contributed by atoms with Crippen LogP contribution < -0.4 is 11.1 Å². The summed E-state index contributed by atoms with van der Waals surface area (Å²) in [7, 11) is 0. The van der Waals surface area contributed by atoms with E-state index >= 15 is 0 Å². The van der Waals surface area contributed by atoms with Crippen molar-refractivity contribution >= 4 is 18.0 Å². The van der Waals surface area contributed by atoms with E-state index in [-0.39, 0.29) is 23.8 Å². The van der Waals surface area contributed by atoms with Crippen LogP contribution >= 0.6 is 0 Å². The van der Waals surface area contributed by atoms with Crippen LogP contribution in [0.2, 0.25) is 0 Å². The molecule has 1 saturated heterocycles. The smallest absolute Gasteiger partial charge is 0.270 e. The molecule has 1 aliphatic rings. The highest BCUT2D eigenvalue weighted by molar-refractivity contribution is 5.95. The van der Waals surface area contributed by atoms with E-state index in [2.05, 4.69) is 23.5 Å². The average molecular weight is 332 g/mol. The lowest BCUT2D eigenvalue weighted by Gasteiger charge is -2.32. The highest BCUT2D eigenvalue weighted by Gasteiger charge is 2.23. The van der Waals surface area contributed by atoms with Crippen molar-refractivity contribution in [3.63, 3.8) is 0 Å². The van der Waals surface area contributed by atoms with E-state index in [4.69, 9.17) is 5.73 Å². The van der Waals surface area contributed by atoms with E-state index in [1.807, 2.05) is 18.7 Å². The van der Waals surface area contributed by atoms with E-state index in [0.29, 0.717) is 37.3 Å². The molecular formula is C18H28N4O2. The molecule has 0 spiro atoms. The van der Waals surface area contributed by atoms with Crippen LogP contribution in [0.15, 0.2) is 41.2 Å². The Morgan fingerprint density at radius 2 is 1.92 bits per heavy atom. The topological polar surface area (TPSA) is 87.8 Å². The van der Waals surface area contributed by atoms with E-state index in [1.54, 1.807) is 19.2 Å². The number of likely N-dealkylation sites (tertiary alicyclic amines) is 1. The summed E-state index contributed by atoms with van der Waals surface area (Å²) in [5, 5.41) is 2.85. The molecule has 1 heterocycles. The Labute approximate surface area is 144 Å². The number of piperidine rings is 1. The predicted molar refractivity (Wildman–Crippen MR) is 97.3 cm³/mol. The number of amides is 2. The van der Waals surface area contributed by atoms with E-state index < -0.39 is 0 Å². The molecule has 1 unspecified atom stereocenters. The van der Waals surface area contributed by atoms with Gasteiger partial charge in [0, 0.05) is 37.0 Å². The minimum absolute atomic E-state index is 0.0779. The van der Waals surface area contributed by atoms with Crippen LogP contribution in [0.25, 0.3) is 0 Å². The number of hydrogen-bond acceptors (Lipinski definition) is 4. The summed E-state index contributed by atoms with van der Waals surface area (Å²) in [6.07, 6.45) is 4.65. The lowest BCUT2D eigenvalue weighted by Crippen LogP contribution is -2.38. The molecule has 0 aromatic heterocycles. The fourth-order valence-corrected chi connectivity index (χ4v) is 2.39. The summed E-state index contributed by atoms with van der Waals surface area (Å²) in [6, 6.07) is -0.132. The zero-order valence-corrected chi connectivity index (χ0v) is 14.8. The molecular weight excluding hydrogens is 304 g/mol. The Balaban J connectivity index is 2.77. The highest BCUT2D eigenvalue weighted by Crippen LogP contribution is 2.20. The van der Waals surface area contributed by atoms with Crippen LogP contribution in [-0.2, 0) is 9.59 Å². The third-order valence-corrected chi connectivity index (χ3v) is 4.19. The molecule has 0 bridgehead atoms. The summed E-state index contributed by atoms with van der Waals surface area (Å²) >= 11 is 0. The van der Waals surface area contributed by atoms with Crippen LogP contribution in [0.3, 0.4) is 0 Å². The molecule has 0 aliphatic carbocycles. The number of hydrogen-bond donors (Lipinski definition) is 2. The van der Waals surface area contributed by atoms with Gasteiger partial charge in [0.15, 0.2) is 0 Å². The van der Waals surface area contributed by atoms with Gasteiger partial charge in [0.25, 0.3) is 5.91 Å². The number of allylic oxidation sites excluding steroid dienone is 1. The van der Waals surface area contributed by atoms with Crippen LogP contribution in [0.5, 0.6) is 0 Å². The van der Waals surface area contributed by atoms with E-state index in [9.17, 15) is 9.59 Å². The molecule has 6 nitrogen and oxygen atoms in total. The summed E-state index contributed by atoms with van der Waals surface area (Å²) in [5.41, 5.74) is 7.22. The molecule has 2 amide bonds. The number of nitrogens with two attached hydrogens (primary N) is 1. The summed E-state index contributed by atoms with van der Waals surface area (Å²) < 4.78 is 0. The Kier molecular flexibility index (Phi) is 7.42. The molecule has 132 valence electrons. The van der Waals surface area contributed by atoms with Crippen LogP contribution in [0.4, 0.5) is 0 Å². The number of carbonyl (C=O) groups is 2. The molecule has 0 radical (unpaired) electrons. The minimum Gasteiger partial charge on any atom is -0.372 e. The van der Waals surface area contributed by atoms with Crippen molar-refractivity contribution in [1.82, 2.24) is 10.2 Å². The first kappa shape index (κ1) is 19.7. The van der Waals surface area contributed by atoms with Crippen LogP contribution in [0, 0.1) is 5.92 Å². The van der Waals surface area contributed by atoms with Crippen molar-refractivity contribution in [2.45, 2.75) is 39.7 Å². The van der Waals surface area contributed by atoms with Crippen molar-refractivity contribution in [1.29, 1.82) is 0 Å². The first-order valence-corrected chi connectivity index (χ1v) is 8.16. The number of carbonyl (C=O) groups excluding carboxylic acids is 2. The molecule has 1 atom stereocenters. The number of rotatable bonds is 7. The third kappa shape index (κ3) is 5.68. The third-order valence-electron chi connectivity index (χ3n) is 4.19. The highest BCUT2D eigenvalue weighted by atomic mass is 16.2. The van der Waals surface area contributed by atoms with Gasteiger partial charge in [-0.2, -0.15) is 0 Å². The van der Waals surface area contributed by atoms with Crippen LogP contribution in [-0.4, -0.2) is 42.1 Å². The largest absolute Gasteiger partial charge is 0.372 e. The zero-order chi connectivity index (χ0) is 18.3. The average Bonchev–Trinajstić information content (AvgIpc) is 2.54. The number of nitrogens with one attached hydrogen (secondary N) is 1. The second-order valence-corrected chi connectivity index (χ2v) is 6.11. The van der Waals surface area contributed by atoms with Gasteiger partial charge in [-0.1, -0.05) is 18.7 Å². The quantitative estimate of drug-likeness (QED) is 0.322. The number of aliphatic imine (C=N–C) groups is 1.